The van der Waals surface area contributed by atoms with Gasteiger partial charge in [0.05, 0.1) is 34.8 Å². The highest BCUT2D eigenvalue weighted by Gasteiger charge is 2.43. The van der Waals surface area contributed by atoms with Gasteiger partial charge in [-0.25, -0.2) is 18.7 Å². The summed E-state index contributed by atoms with van der Waals surface area (Å²) in [6.07, 6.45) is -7.20. The van der Waals surface area contributed by atoms with E-state index in [0.717, 1.165) is 23.8 Å². The summed E-state index contributed by atoms with van der Waals surface area (Å²) in [6.45, 7) is 9.08. The lowest BCUT2D eigenvalue weighted by molar-refractivity contribution is -0.146. The van der Waals surface area contributed by atoms with Crippen molar-refractivity contribution in [1.82, 2.24) is 5.32 Å². The molecule has 5 rings (SSSR count). The first kappa shape index (κ1) is 47.1. The van der Waals surface area contributed by atoms with Crippen LogP contribution < -0.4 is 16.0 Å². The Labute approximate surface area is 352 Å². The molecular formula is C43H51F4N4O9P. The molecule has 0 aromatic heterocycles. The predicted molar refractivity (Wildman–Crippen MR) is 217 cm³/mol. The molecule has 61 heavy (non-hydrogen) atoms. The standard InChI is InChI=1S/C43H51F4N4O9P/c1-41(2,3)59-61(56,60-42(4,5)6)58-24-27-17-19-29(20-18-27)40(55)57-25-51-35-31(13-10-14-33(35)44)34(28-11-8-7-9-12-28)49-37(39(51)54)50-38(53)30(21-22-43(45,46)47)32(36(48)52)23-26-15-16-26/h7-14,17-20,26,30,32,37H,15-16,21-25H2,1-6H3,(H2,48,52)(H,50,53)/t30-,32+,37-/m1/s1. The fourth-order valence-electron chi connectivity index (χ4n) is 6.65. The van der Waals surface area contributed by atoms with Crippen molar-refractivity contribution in [3.63, 3.8) is 0 Å². The molecule has 18 heteroatoms. The molecule has 13 nitrogen and oxygen atoms in total. The molecule has 3 aromatic rings. The molecular weight excluding hydrogens is 823 g/mol. The Hall–Kier alpha value is -4.96. The second-order valence-corrected chi connectivity index (χ2v) is 18.5. The van der Waals surface area contributed by atoms with Crippen LogP contribution in [-0.4, -0.2) is 59.7 Å². The van der Waals surface area contributed by atoms with Crippen LogP contribution in [0.1, 0.15) is 101 Å². The van der Waals surface area contributed by atoms with Crippen molar-refractivity contribution in [3.05, 3.63) is 101 Å². The number of nitrogens with two attached hydrogens (primary N) is 1. The average Bonchev–Trinajstić information content (AvgIpc) is 3.99. The van der Waals surface area contributed by atoms with E-state index in [4.69, 9.17) is 24.0 Å². The summed E-state index contributed by atoms with van der Waals surface area (Å²) in [4.78, 5) is 59.8. The number of phosphoric ester groups is 1. The number of fused-ring (bicyclic) bond motifs is 1. The van der Waals surface area contributed by atoms with E-state index in [9.17, 15) is 36.9 Å². The molecule has 1 aliphatic carbocycles. The van der Waals surface area contributed by atoms with E-state index >= 15 is 4.39 Å². The van der Waals surface area contributed by atoms with Gasteiger partial charge in [0.15, 0.2) is 6.73 Å². The number of nitrogens with zero attached hydrogens (tertiary/aromatic N) is 2. The Morgan fingerprint density at radius 1 is 0.902 bits per heavy atom. The molecule has 3 atom stereocenters. The Kier molecular flexibility index (Phi) is 14.6. The summed E-state index contributed by atoms with van der Waals surface area (Å²) in [5, 5.41) is 2.43. The molecule has 3 aromatic carbocycles. The fourth-order valence-corrected chi connectivity index (χ4v) is 8.44. The van der Waals surface area contributed by atoms with Crippen LogP contribution in [-0.2, 0) is 43.9 Å². The van der Waals surface area contributed by atoms with E-state index in [2.05, 4.69) is 10.3 Å². The number of halogens is 4. The monoisotopic (exact) mass is 874 g/mol. The minimum Gasteiger partial charge on any atom is -0.440 e. The van der Waals surface area contributed by atoms with Gasteiger partial charge in [-0.1, -0.05) is 67.4 Å². The first-order chi connectivity index (χ1) is 28.4. The summed E-state index contributed by atoms with van der Waals surface area (Å²) in [7, 11) is -4.05. The van der Waals surface area contributed by atoms with Gasteiger partial charge in [-0.15, -0.1) is 0 Å². The third-order valence-corrected chi connectivity index (χ3v) is 11.5. The summed E-state index contributed by atoms with van der Waals surface area (Å²) >= 11 is 0. The number of benzodiazepines with no additional fused rings is 1. The summed E-state index contributed by atoms with van der Waals surface area (Å²) in [5.41, 5.74) is 4.58. The van der Waals surface area contributed by atoms with Crippen LogP contribution in [0.3, 0.4) is 0 Å². The number of hydrogen-bond donors (Lipinski definition) is 2. The van der Waals surface area contributed by atoms with Crippen molar-refractivity contribution >= 4 is 42.9 Å². The molecule has 3 amide bonds. The van der Waals surface area contributed by atoms with Gasteiger partial charge in [-0.05, 0) is 84.1 Å². The second-order valence-electron chi connectivity index (χ2n) is 17.0. The predicted octanol–water partition coefficient (Wildman–Crippen LogP) is 8.38. The maximum atomic E-state index is 16.0. The summed E-state index contributed by atoms with van der Waals surface area (Å²) < 4.78 is 92.4. The van der Waals surface area contributed by atoms with Gasteiger partial charge in [-0.3, -0.25) is 32.9 Å². The molecule has 0 unspecified atom stereocenters. The van der Waals surface area contributed by atoms with Gasteiger partial charge in [0.1, 0.15) is 5.82 Å². The highest BCUT2D eigenvalue weighted by Crippen LogP contribution is 2.56. The van der Waals surface area contributed by atoms with Gasteiger partial charge in [-0.2, -0.15) is 13.2 Å². The Bertz CT molecular complexity index is 2130. The highest BCUT2D eigenvalue weighted by molar-refractivity contribution is 7.48. The van der Waals surface area contributed by atoms with Crippen LogP contribution in [0, 0.1) is 23.6 Å². The number of esters is 1. The topological polar surface area (TPSA) is 176 Å². The molecule has 0 saturated heterocycles. The Morgan fingerprint density at radius 2 is 1.52 bits per heavy atom. The summed E-state index contributed by atoms with van der Waals surface area (Å²) in [6, 6.07) is 18.0. The number of benzene rings is 3. The quantitative estimate of drug-likeness (QED) is 0.0767. The molecule has 3 N–H and O–H groups in total. The number of ether oxygens (including phenoxy) is 1. The minimum absolute atomic E-state index is 0.00610. The third-order valence-electron chi connectivity index (χ3n) is 9.48. The Morgan fingerprint density at radius 3 is 2.08 bits per heavy atom. The first-order valence-electron chi connectivity index (χ1n) is 19.7. The van der Waals surface area contributed by atoms with Crippen LogP contribution in [0.5, 0.6) is 0 Å². The molecule has 1 fully saturated rings. The van der Waals surface area contributed by atoms with Crippen LogP contribution >= 0.6 is 7.82 Å². The van der Waals surface area contributed by atoms with E-state index in [1.54, 1.807) is 71.9 Å². The normalized spacial score (nSPS) is 17.1. The van der Waals surface area contributed by atoms with Crippen molar-refractivity contribution in [2.45, 2.75) is 104 Å². The van der Waals surface area contributed by atoms with Crippen molar-refractivity contribution in [2.24, 2.45) is 28.5 Å². The van der Waals surface area contributed by atoms with Crippen LogP contribution in [0.4, 0.5) is 23.2 Å². The number of nitrogens with one attached hydrogen (secondary N) is 1. The number of aliphatic imine (C=N–C) groups is 1. The number of alkyl halides is 3. The smallest absolute Gasteiger partial charge is 0.440 e. The molecule has 1 saturated carbocycles. The van der Waals surface area contributed by atoms with Gasteiger partial charge in [0.2, 0.25) is 18.0 Å². The number of anilines is 1. The number of primary amides is 1. The number of para-hydroxylation sites is 1. The van der Waals surface area contributed by atoms with Gasteiger partial charge >= 0.3 is 20.0 Å². The van der Waals surface area contributed by atoms with Crippen LogP contribution in [0.2, 0.25) is 0 Å². The third kappa shape index (κ3) is 13.5. The van der Waals surface area contributed by atoms with E-state index in [1.807, 2.05) is 0 Å². The van der Waals surface area contributed by atoms with E-state index in [0.29, 0.717) is 11.1 Å². The zero-order chi connectivity index (χ0) is 44.9. The van der Waals surface area contributed by atoms with Crippen LogP contribution in [0.25, 0.3) is 0 Å². The number of hydrogen-bond acceptors (Lipinski definition) is 10. The molecule has 2 aliphatic rings. The zero-order valence-electron chi connectivity index (χ0n) is 34.8. The van der Waals surface area contributed by atoms with Gasteiger partial charge in [0, 0.05) is 29.4 Å². The number of carbonyl (C=O) groups is 4. The SMILES string of the molecule is CC(C)(C)OP(=O)(OCc1ccc(C(=O)OCN2C(=O)[C@@H](NC(=O)[C@H](CCC(F)(F)F)[C@H](CC3CC3)C(N)=O)N=C(c3ccccc3)c3cccc(F)c32)cc1)OC(C)(C)C. The fraction of sp³-hybridized carbons (Fsp3) is 0.465. The summed E-state index contributed by atoms with van der Waals surface area (Å²) in [5.74, 6) is -7.81. The lowest BCUT2D eigenvalue weighted by Gasteiger charge is -2.30. The number of amides is 3. The number of rotatable bonds is 17. The second kappa shape index (κ2) is 19.0. The highest BCUT2D eigenvalue weighted by atomic mass is 31.2. The van der Waals surface area contributed by atoms with E-state index in [-0.39, 0.29) is 41.5 Å². The maximum Gasteiger partial charge on any atom is 0.476 e. The van der Waals surface area contributed by atoms with E-state index in [1.165, 1.54) is 36.4 Å². The van der Waals surface area contributed by atoms with Crippen molar-refractivity contribution in [3.8, 4) is 0 Å². The maximum absolute atomic E-state index is 16.0. The first-order valence-corrected chi connectivity index (χ1v) is 21.2. The zero-order valence-corrected chi connectivity index (χ0v) is 35.7. The van der Waals surface area contributed by atoms with Crippen molar-refractivity contribution in [2.75, 3.05) is 11.6 Å². The molecule has 0 spiro atoms. The van der Waals surface area contributed by atoms with E-state index < -0.39 is 92.3 Å². The van der Waals surface area contributed by atoms with Crippen LogP contribution in [0.15, 0.2) is 77.8 Å². The number of carbonyl (C=O) groups excluding carboxylic acids is 4. The van der Waals surface area contributed by atoms with Gasteiger partial charge < -0.3 is 15.8 Å². The molecule has 1 heterocycles. The largest absolute Gasteiger partial charge is 0.476 e. The molecule has 330 valence electrons. The lowest BCUT2D eigenvalue weighted by Crippen LogP contribution is -2.51. The lowest BCUT2D eigenvalue weighted by atomic mass is 9.83. The Balaban J connectivity index is 1.42. The molecule has 0 radical (unpaired) electrons. The molecule has 1 aliphatic heterocycles. The van der Waals surface area contributed by atoms with Crippen molar-refractivity contribution < 1.29 is 59.6 Å². The minimum atomic E-state index is -4.67. The average molecular weight is 875 g/mol. The van der Waals surface area contributed by atoms with Gasteiger partial charge in [0.25, 0.3) is 5.91 Å². The number of phosphoric acid groups is 1. The van der Waals surface area contributed by atoms with Crippen molar-refractivity contribution in [1.29, 1.82) is 0 Å². The molecule has 0 bridgehead atoms.